The van der Waals surface area contributed by atoms with Crippen LogP contribution in [0, 0.1) is 13.8 Å². The van der Waals surface area contributed by atoms with Crippen LogP contribution in [0.25, 0.3) is 22.6 Å². The van der Waals surface area contributed by atoms with Crippen LogP contribution in [0.5, 0.6) is 0 Å². The van der Waals surface area contributed by atoms with E-state index in [1.807, 2.05) is 80.6 Å². The molecule has 0 saturated carbocycles. The number of anilines is 1. The first kappa shape index (κ1) is 16.1. The van der Waals surface area contributed by atoms with Gasteiger partial charge in [0, 0.05) is 16.8 Å². The first-order valence-corrected chi connectivity index (χ1v) is 8.46. The molecule has 4 aromatic rings. The van der Waals surface area contributed by atoms with E-state index in [-0.39, 0.29) is 5.91 Å². The minimum Gasteiger partial charge on any atom is -0.436 e. The van der Waals surface area contributed by atoms with E-state index in [2.05, 4.69) is 10.3 Å². The van der Waals surface area contributed by atoms with Crippen molar-refractivity contribution in [2.45, 2.75) is 13.8 Å². The molecule has 0 bridgehead atoms. The van der Waals surface area contributed by atoms with Crippen molar-refractivity contribution in [1.82, 2.24) is 4.98 Å². The zero-order valence-corrected chi connectivity index (χ0v) is 14.6. The molecule has 26 heavy (non-hydrogen) atoms. The summed E-state index contributed by atoms with van der Waals surface area (Å²) in [6.45, 7) is 3.88. The number of hydrogen-bond donors (Lipinski definition) is 1. The second kappa shape index (κ2) is 6.48. The molecule has 3 aromatic carbocycles. The van der Waals surface area contributed by atoms with Crippen molar-refractivity contribution >= 4 is 22.7 Å². The van der Waals surface area contributed by atoms with Crippen LogP contribution in [0.1, 0.15) is 21.5 Å². The predicted octanol–water partition coefficient (Wildman–Crippen LogP) is 5.36. The standard InChI is InChI=1S/C22H18N2O2/c1-14-8-3-4-9-16(14)21(25)23-18-12-7-10-17(15(18)2)22-24-19-11-5-6-13-20(19)26-22/h3-13H,1-2H3,(H,23,25). The van der Waals surface area contributed by atoms with Gasteiger partial charge in [-0.3, -0.25) is 4.79 Å². The van der Waals surface area contributed by atoms with E-state index in [1.165, 1.54) is 0 Å². The highest BCUT2D eigenvalue weighted by Gasteiger charge is 2.15. The lowest BCUT2D eigenvalue weighted by Crippen LogP contribution is -2.14. The number of aromatic nitrogens is 1. The zero-order chi connectivity index (χ0) is 18.1. The lowest BCUT2D eigenvalue weighted by atomic mass is 10.1. The summed E-state index contributed by atoms with van der Waals surface area (Å²) < 4.78 is 5.87. The Kier molecular flexibility index (Phi) is 4.01. The van der Waals surface area contributed by atoms with Crippen LogP contribution >= 0.6 is 0 Å². The molecule has 1 N–H and O–H groups in total. The number of carbonyl (C=O) groups is 1. The van der Waals surface area contributed by atoms with Gasteiger partial charge >= 0.3 is 0 Å². The number of benzene rings is 3. The molecule has 0 unspecified atom stereocenters. The van der Waals surface area contributed by atoms with Gasteiger partial charge in [0.25, 0.3) is 5.91 Å². The Labute approximate surface area is 151 Å². The second-order valence-electron chi connectivity index (χ2n) is 6.23. The molecule has 0 aliphatic heterocycles. The van der Waals surface area contributed by atoms with Crippen molar-refractivity contribution in [3.8, 4) is 11.5 Å². The van der Waals surface area contributed by atoms with Gasteiger partial charge in [-0.15, -0.1) is 0 Å². The van der Waals surface area contributed by atoms with E-state index in [1.54, 1.807) is 0 Å². The Morgan fingerprint density at radius 1 is 0.923 bits per heavy atom. The maximum Gasteiger partial charge on any atom is 0.255 e. The minimum atomic E-state index is -0.124. The third-order valence-electron chi connectivity index (χ3n) is 4.50. The molecule has 0 atom stereocenters. The summed E-state index contributed by atoms with van der Waals surface area (Å²) in [7, 11) is 0. The van der Waals surface area contributed by atoms with Crippen LogP contribution in [-0.4, -0.2) is 10.9 Å². The van der Waals surface area contributed by atoms with Gasteiger partial charge in [0.2, 0.25) is 5.89 Å². The summed E-state index contributed by atoms with van der Waals surface area (Å²) in [5, 5.41) is 3.00. The van der Waals surface area contributed by atoms with Gasteiger partial charge in [-0.1, -0.05) is 36.4 Å². The predicted molar refractivity (Wildman–Crippen MR) is 103 cm³/mol. The highest BCUT2D eigenvalue weighted by molar-refractivity contribution is 6.06. The molecule has 1 heterocycles. The molecule has 0 spiro atoms. The smallest absolute Gasteiger partial charge is 0.255 e. The molecular formula is C22H18N2O2. The number of rotatable bonds is 3. The molecular weight excluding hydrogens is 324 g/mol. The highest BCUT2D eigenvalue weighted by atomic mass is 16.3. The van der Waals surface area contributed by atoms with Crippen LogP contribution in [0.4, 0.5) is 5.69 Å². The molecule has 0 saturated heterocycles. The van der Waals surface area contributed by atoms with Crippen LogP contribution in [0.2, 0.25) is 0 Å². The number of aryl methyl sites for hydroxylation is 1. The molecule has 0 fully saturated rings. The fraction of sp³-hybridized carbons (Fsp3) is 0.0909. The Morgan fingerprint density at radius 2 is 1.69 bits per heavy atom. The van der Waals surface area contributed by atoms with Crippen molar-refractivity contribution in [2.24, 2.45) is 0 Å². The second-order valence-corrected chi connectivity index (χ2v) is 6.23. The SMILES string of the molecule is Cc1ccccc1C(=O)Nc1cccc(-c2nc3ccccc3o2)c1C. The summed E-state index contributed by atoms with van der Waals surface area (Å²) in [4.78, 5) is 17.2. The van der Waals surface area contributed by atoms with E-state index in [0.717, 1.165) is 33.5 Å². The van der Waals surface area contributed by atoms with Gasteiger partial charge in [-0.25, -0.2) is 4.98 Å². The van der Waals surface area contributed by atoms with Crippen molar-refractivity contribution in [1.29, 1.82) is 0 Å². The van der Waals surface area contributed by atoms with Crippen molar-refractivity contribution in [2.75, 3.05) is 5.32 Å². The first-order valence-electron chi connectivity index (χ1n) is 8.46. The number of fused-ring (bicyclic) bond motifs is 1. The molecule has 0 aliphatic carbocycles. The monoisotopic (exact) mass is 342 g/mol. The largest absolute Gasteiger partial charge is 0.436 e. The molecule has 1 aromatic heterocycles. The maximum atomic E-state index is 12.6. The molecule has 4 nitrogen and oxygen atoms in total. The van der Waals surface area contributed by atoms with Crippen LogP contribution in [0.3, 0.4) is 0 Å². The third kappa shape index (κ3) is 2.86. The van der Waals surface area contributed by atoms with Crippen molar-refractivity contribution < 1.29 is 9.21 Å². The number of nitrogens with zero attached hydrogens (tertiary/aromatic N) is 1. The fourth-order valence-electron chi connectivity index (χ4n) is 3.01. The van der Waals surface area contributed by atoms with Crippen LogP contribution < -0.4 is 5.32 Å². The van der Waals surface area contributed by atoms with Gasteiger partial charge in [-0.2, -0.15) is 0 Å². The van der Waals surface area contributed by atoms with Crippen molar-refractivity contribution in [3.63, 3.8) is 0 Å². The number of oxazole rings is 1. The average molecular weight is 342 g/mol. The van der Waals surface area contributed by atoms with Crippen LogP contribution in [0.15, 0.2) is 71.1 Å². The first-order chi connectivity index (χ1) is 12.6. The number of carbonyl (C=O) groups excluding carboxylic acids is 1. The Morgan fingerprint density at radius 3 is 2.50 bits per heavy atom. The van der Waals surface area contributed by atoms with Gasteiger partial charge in [-0.05, 0) is 55.3 Å². The Hall–Kier alpha value is -3.40. The molecule has 4 rings (SSSR count). The Balaban J connectivity index is 1.70. The van der Waals surface area contributed by atoms with Gasteiger partial charge < -0.3 is 9.73 Å². The van der Waals surface area contributed by atoms with E-state index >= 15 is 0 Å². The van der Waals surface area contributed by atoms with Gasteiger partial charge in [0.05, 0.1) is 0 Å². The number of amides is 1. The number of nitrogens with one attached hydrogen (secondary N) is 1. The quantitative estimate of drug-likeness (QED) is 0.545. The molecule has 1 amide bonds. The summed E-state index contributed by atoms with van der Waals surface area (Å²) in [6.07, 6.45) is 0. The number of para-hydroxylation sites is 2. The molecule has 0 aliphatic rings. The average Bonchev–Trinajstić information content (AvgIpc) is 3.07. The van der Waals surface area contributed by atoms with E-state index in [0.29, 0.717) is 11.5 Å². The van der Waals surface area contributed by atoms with Gasteiger partial charge in [0.1, 0.15) is 5.52 Å². The topological polar surface area (TPSA) is 55.1 Å². The van der Waals surface area contributed by atoms with E-state index in [4.69, 9.17) is 4.42 Å². The van der Waals surface area contributed by atoms with Gasteiger partial charge in [0.15, 0.2) is 5.58 Å². The fourth-order valence-corrected chi connectivity index (χ4v) is 3.01. The highest BCUT2D eigenvalue weighted by Crippen LogP contribution is 2.30. The lowest BCUT2D eigenvalue weighted by Gasteiger charge is -2.12. The molecule has 4 heteroatoms. The molecule has 0 radical (unpaired) electrons. The van der Waals surface area contributed by atoms with E-state index in [9.17, 15) is 4.79 Å². The van der Waals surface area contributed by atoms with Crippen LogP contribution in [-0.2, 0) is 0 Å². The summed E-state index contributed by atoms with van der Waals surface area (Å²) in [5.74, 6) is 0.427. The maximum absolute atomic E-state index is 12.6. The number of hydrogen-bond acceptors (Lipinski definition) is 3. The minimum absolute atomic E-state index is 0.124. The summed E-state index contributed by atoms with van der Waals surface area (Å²) >= 11 is 0. The lowest BCUT2D eigenvalue weighted by molar-refractivity contribution is 0.102. The van der Waals surface area contributed by atoms with E-state index < -0.39 is 0 Å². The molecule has 128 valence electrons. The summed E-state index contributed by atoms with van der Waals surface area (Å²) in [6, 6.07) is 20.9. The Bertz CT molecular complexity index is 1080. The summed E-state index contributed by atoms with van der Waals surface area (Å²) in [5.41, 5.74) is 5.70. The zero-order valence-electron chi connectivity index (χ0n) is 14.6. The van der Waals surface area contributed by atoms with Crippen molar-refractivity contribution in [3.05, 3.63) is 83.4 Å². The third-order valence-corrected chi connectivity index (χ3v) is 4.50. The normalized spacial score (nSPS) is 10.8.